The highest BCUT2D eigenvalue weighted by Crippen LogP contribution is 2.43. The van der Waals surface area contributed by atoms with Crippen molar-refractivity contribution in [2.75, 3.05) is 11.4 Å². The van der Waals surface area contributed by atoms with Crippen LogP contribution in [0.3, 0.4) is 0 Å². The molecule has 1 aromatic heterocycles. The number of carbonyl (C=O) groups excluding carboxylic acids is 3. The summed E-state index contributed by atoms with van der Waals surface area (Å²) in [7, 11) is 0. The lowest BCUT2D eigenvalue weighted by atomic mass is 9.98. The minimum absolute atomic E-state index is 0.00530. The number of carbonyl (C=O) groups is 3. The number of rotatable bonds is 6. The number of H-pyrrole nitrogens is 1. The Morgan fingerprint density at radius 2 is 2.10 bits per heavy atom. The summed E-state index contributed by atoms with van der Waals surface area (Å²) in [6, 6.07) is 7.14. The third-order valence-electron chi connectivity index (χ3n) is 5.91. The Balaban J connectivity index is 1.47. The second kappa shape index (κ2) is 7.67. The highest BCUT2D eigenvalue weighted by molar-refractivity contribution is 7.71. The van der Waals surface area contributed by atoms with Gasteiger partial charge in [-0.15, -0.1) is 0 Å². The van der Waals surface area contributed by atoms with Gasteiger partial charge in [-0.3, -0.25) is 24.4 Å². The van der Waals surface area contributed by atoms with Crippen molar-refractivity contribution >= 4 is 35.6 Å². The van der Waals surface area contributed by atoms with E-state index in [0.29, 0.717) is 41.2 Å². The molecule has 2 aromatic rings. The molecule has 158 valence electrons. The number of para-hydroxylation sites is 1. The molecule has 0 bridgehead atoms. The highest BCUT2D eigenvalue weighted by Gasteiger charge is 2.52. The summed E-state index contributed by atoms with van der Waals surface area (Å²) in [6.07, 6.45) is 1.04. The van der Waals surface area contributed by atoms with Crippen LogP contribution in [0.25, 0.3) is 0 Å². The van der Waals surface area contributed by atoms with Gasteiger partial charge in [0.2, 0.25) is 11.8 Å². The summed E-state index contributed by atoms with van der Waals surface area (Å²) in [6.45, 7) is 4.97. The van der Waals surface area contributed by atoms with Crippen LogP contribution >= 0.6 is 12.2 Å². The van der Waals surface area contributed by atoms with Gasteiger partial charge in [0.05, 0.1) is 17.8 Å². The molecule has 1 unspecified atom stereocenters. The summed E-state index contributed by atoms with van der Waals surface area (Å²) in [4.78, 5) is 41.6. The van der Waals surface area contributed by atoms with E-state index in [1.54, 1.807) is 28.0 Å². The van der Waals surface area contributed by atoms with Gasteiger partial charge in [0.15, 0.2) is 10.6 Å². The van der Waals surface area contributed by atoms with Crippen LogP contribution in [-0.4, -0.2) is 49.6 Å². The van der Waals surface area contributed by atoms with Crippen molar-refractivity contribution in [1.29, 1.82) is 0 Å². The van der Waals surface area contributed by atoms with Crippen molar-refractivity contribution in [3.05, 3.63) is 40.4 Å². The van der Waals surface area contributed by atoms with Gasteiger partial charge in [0.25, 0.3) is 5.91 Å². The lowest BCUT2D eigenvalue weighted by molar-refractivity contribution is -0.121. The first-order valence-electron chi connectivity index (χ1n) is 10.0. The maximum Gasteiger partial charge on any atom is 0.257 e. The van der Waals surface area contributed by atoms with E-state index < -0.39 is 5.66 Å². The molecule has 2 aliphatic rings. The van der Waals surface area contributed by atoms with Gasteiger partial charge >= 0.3 is 0 Å². The normalized spacial score (nSPS) is 20.3. The van der Waals surface area contributed by atoms with Gasteiger partial charge in [-0.05, 0) is 44.6 Å². The zero-order valence-electron chi connectivity index (χ0n) is 17.0. The summed E-state index contributed by atoms with van der Waals surface area (Å²) in [5, 5.41) is 9.68. The van der Waals surface area contributed by atoms with Crippen molar-refractivity contribution in [2.45, 2.75) is 51.9 Å². The van der Waals surface area contributed by atoms with Crippen LogP contribution in [0.1, 0.15) is 49.3 Å². The first-order valence-corrected chi connectivity index (χ1v) is 10.4. The third-order valence-corrected chi connectivity index (χ3v) is 6.22. The quantitative estimate of drug-likeness (QED) is 0.685. The van der Waals surface area contributed by atoms with Crippen LogP contribution in [0.4, 0.5) is 5.69 Å². The van der Waals surface area contributed by atoms with Gasteiger partial charge in [0.1, 0.15) is 5.66 Å². The molecule has 9 nitrogen and oxygen atoms in total. The molecule has 1 atom stereocenters. The first kappa shape index (κ1) is 20.3. The maximum atomic E-state index is 13.2. The zero-order chi connectivity index (χ0) is 21.5. The summed E-state index contributed by atoms with van der Waals surface area (Å²) in [5.74, 6) is 0.295. The van der Waals surface area contributed by atoms with E-state index in [0.717, 1.165) is 0 Å². The van der Waals surface area contributed by atoms with Gasteiger partial charge < -0.3 is 14.8 Å². The number of aromatic nitrogens is 3. The molecule has 1 saturated heterocycles. The minimum Gasteiger partial charge on any atom is -0.349 e. The Hall–Kier alpha value is -3.01. The molecule has 4 rings (SSSR count). The number of anilines is 1. The number of aromatic amines is 1. The van der Waals surface area contributed by atoms with Crippen molar-refractivity contribution in [1.82, 2.24) is 25.0 Å². The van der Waals surface area contributed by atoms with E-state index >= 15 is 0 Å². The van der Waals surface area contributed by atoms with Crippen molar-refractivity contribution in [3.63, 3.8) is 0 Å². The summed E-state index contributed by atoms with van der Waals surface area (Å²) in [5.41, 5.74) is 0.382. The topological polar surface area (TPSA) is 103 Å². The van der Waals surface area contributed by atoms with Crippen LogP contribution < -0.4 is 10.2 Å². The predicted molar refractivity (Wildman–Crippen MR) is 112 cm³/mol. The van der Waals surface area contributed by atoms with Crippen molar-refractivity contribution in [3.8, 4) is 0 Å². The van der Waals surface area contributed by atoms with Crippen LogP contribution in [0, 0.1) is 4.77 Å². The Bertz CT molecular complexity index is 1080. The lowest BCUT2D eigenvalue weighted by Crippen LogP contribution is -2.62. The minimum atomic E-state index is -0.756. The number of benzene rings is 1. The predicted octanol–water partition coefficient (Wildman–Crippen LogP) is 1.97. The van der Waals surface area contributed by atoms with E-state index in [1.165, 1.54) is 0 Å². The highest BCUT2D eigenvalue weighted by atomic mass is 32.1. The Kier molecular flexibility index (Phi) is 5.19. The molecule has 1 aromatic carbocycles. The van der Waals surface area contributed by atoms with Gasteiger partial charge in [-0.25, -0.2) is 0 Å². The fourth-order valence-corrected chi connectivity index (χ4v) is 4.61. The SMILES string of the molecule is CCn1c(CNC(=O)CCN2C(=O)c3ccccc3N3C(=O)CCC23C)n[nH]c1=S. The molecule has 3 amide bonds. The van der Waals surface area contributed by atoms with Crippen molar-refractivity contribution in [2.24, 2.45) is 0 Å². The Morgan fingerprint density at radius 3 is 2.87 bits per heavy atom. The number of nitrogens with one attached hydrogen (secondary N) is 2. The molecular weight excluding hydrogens is 404 g/mol. The molecule has 0 saturated carbocycles. The maximum absolute atomic E-state index is 13.2. The monoisotopic (exact) mass is 428 g/mol. The third kappa shape index (κ3) is 3.20. The summed E-state index contributed by atoms with van der Waals surface area (Å²) >= 11 is 5.15. The number of fused-ring (bicyclic) bond motifs is 3. The van der Waals surface area contributed by atoms with Crippen LogP contribution in [0.15, 0.2) is 24.3 Å². The molecule has 2 N–H and O–H groups in total. The van der Waals surface area contributed by atoms with Crippen LogP contribution in [-0.2, 0) is 22.7 Å². The largest absolute Gasteiger partial charge is 0.349 e. The molecule has 3 heterocycles. The number of nitrogens with zero attached hydrogens (tertiary/aromatic N) is 4. The van der Waals surface area contributed by atoms with E-state index in [1.807, 2.05) is 24.5 Å². The second-order valence-electron chi connectivity index (χ2n) is 7.64. The summed E-state index contributed by atoms with van der Waals surface area (Å²) < 4.78 is 2.32. The van der Waals surface area contributed by atoms with Crippen LogP contribution in [0.5, 0.6) is 0 Å². The zero-order valence-corrected chi connectivity index (χ0v) is 17.8. The number of hydrogen-bond donors (Lipinski definition) is 2. The van der Waals surface area contributed by atoms with Gasteiger partial charge in [-0.1, -0.05) is 12.1 Å². The number of amides is 3. The second-order valence-corrected chi connectivity index (χ2v) is 8.02. The van der Waals surface area contributed by atoms with Crippen molar-refractivity contribution < 1.29 is 14.4 Å². The molecule has 0 spiro atoms. The van der Waals surface area contributed by atoms with E-state index in [-0.39, 0.29) is 37.2 Å². The van der Waals surface area contributed by atoms with Crippen LogP contribution in [0.2, 0.25) is 0 Å². The molecule has 1 fully saturated rings. The van der Waals surface area contributed by atoms with E-state index in [4.69, 9.17) is 12.2 Å². The molecule has 2 aliphatic heterocycles. The molecule has 30 heavy (non-hydrogen) atoms. The average Bonchev–Trinajstić information content (AvgIpc) is 3.25. The molecular formula is C20H24N6O3S. The lowest BCUT2D eigenvalue weighted by Gasteiger charge is -2.48. The van der Waals surface area contributed by atoms with E-state index in [9.17, 15) is 14.4 Å². The fraction of sp³-hybridized carbons (Fsp3) is 0.450. The molecule has 10 heteroatoms. The van der Waals surface area contributed by atoms with Gasteiger partial charge in [-0.2, -0.15) is 5.10 Å². The first-order chi connectivity index (χ1) is 14.4. The average molecular weight is 429 g/mol. The fourth-order valence-electron chi connectivity index (χ4n) is 4.33. The van der Waals surface area contributed by atoms with Gasteiger partial charge in [0, 0.05) is 25.9 Å². The Labute approximate surface area is 179 Å². The molecule has 0 radical (unpaired) electrons. The van der Waals surface area contributed by atoms with E-state index in [2.05, 4.69) is 15.5 Å². The standard InChI is InChI=1S/C20H24N6O3S/c1-3-24-15(22-23-19(24)30)12-21-16(27)9-11-25-18(29)13-6-4-5-7-14(13)26-17(28)8-10-20(25,26)2/h4-7H,3,8-12H2,1-2H3,(H,21,27)(H,23,30). The molecule has 0 aliphatic carbocycles. The Morgan fingerprint density at radius 1 is 1.33 bits per heavy atom. The number of hydrogen-bond acceptors (Lipinski definition) is 5. The smallest absolute Gasteiger partial charge is 0.257 e.